The van der Waals surface area contributed by atoms with E-state index in [1.807, 2.05) is 6.07 Å². The van der Waals surface area contributed by atoms with Crippen molar-refractivity contribution in [2.75, 3.05) is 5.32 Å². The van der Waals surface area contributed by atoms with Gasteiger partial charge in [-0.15, -0.1) is 5.10 Å². The van der Waals surface area contributed by atoms with Crippen LogP contribution in [0.4, 0.5) is 5.13 Å². The summed E-state index contributed by atoms with van der Waals surface area (Å²) in [5.41, 5.74) is 1.04. The summed E-state index contributed by atoms with van der Waals surface area (Å²) in [6.45, 7) is 3.55. The molecule has 0 unspecified atom stereocenters. The van der Waals surface area contributed by atoms with Gasteiger partial charge in [-0.1, -0.05) is 73.7 Å². The highest BCUT2D eigenvalue weighted by atomic mass is 32.2. The van der Waals surface area contributed by atoms with E-state index in [2.05, 4.69) is 30.5 Å². The Bertz CT molecular complexity index is 1600. The Morgan fingerprint density at radius 3 is 2.45 bits per heavy atom. The Balaban J connectivity index is 1.61. The Hall–Kier alpha value is -3.52. The SMILES string of the molecule is CC(C)[C@H](NC(=O)[C@H](Cc1ccccc1)NS(=O)(=O)c1cccc2cccnc12)C(=O)Nc1n[nH]c(=S)s1. The number of nitrogens with zero attached hydrogens (tertiary/aromatic N) is 2. The summed E-state index contributed by atoms with van der Waals surface area (Å²) in [5.74, 6) is -1.44. The maximum absolute atomic E-state index is 13.5. The van der Waals surface area contributed by atoms with E-state index in [4.69, 9.17) is 12.2 Å². The van der Waals surface area contributed by atoms with Crippen LogP contribution in [0.1, 0.15) is 19.4 Å². The number of aromatic nitrogens is 3. The summed E-state index contributed by atoms with van der Waals surface area (Å²) >= 11 is 6.08. The Labute approximate surface area is 229 Å². The van der Waals surface area contributed by atoms with Gasteiger partial charge >= 0.3 is 0 Å². The maximum atomic E-state index is 13.5. The normalized spacial score (nSPS) is 13.2. The number of amides is 2. The number of pyridine rings is 1. The minimum absolute atomic E-state index is 0.0423. The lowest BCUT2D eigenvalue weighted by Crippen LogP contribution is -2.54. The summed E-state index contributed by atoms with van der Waals surface area (Å²) in [5, 5.41) is 12.8. The van der Waals surface area contributed by atoms with Crippen LogP contribution in [0.25, 0.3) is 10.9 Å². The number of hydrogen-bond acceptors (Lipinski definition) is 8. The van der Waals surface area contributed by atoms with Crippen molar-refractivity contribution in [3.63, 3.8) is 0 Å². The lowest BCUT2D eigenvalue weighted by atomic mass is 10.0. The molecule has 0 saturated heterocycles. The molecule has 2 aromatic heterocycles. The van der Waals surface area contributed by atoms with Gasteiger partial charge in [-0.05, 0) is 42.3 Å². The largest absolute Gasteiger partial charge is 0.343 e. The smallest absolute Gasteiger partial charge is 0.249 e. The number of carbonyl (C=O) groups is 2. The second-order valence-corrected chi connectivity index (χ2v) is 12.2. The van der Waals surface area contributed by atoms with Crippen molar-refractivity contribution in [2.24, 2.45) is 5.92 Å². The van der Waals surface area contributed by atoms with Crippen LogP contribution in [-0.4, -0.2) is 47.5 Å². The lowest BCUT2D eigenvalue weighted by Gasteiger charge is -2.25. The summed E-state index contributed by atoms with van der Waals surface area (Å²) < 4.78 is 30.0. The minimum Gasteiger partial charge on any atom is -0.343 e. The molecule has 0 aliphatic carbocycles. The standard InChI is InChI=1S/C25H26N6O4S3/c1-15(2)20(23(33)28-24-29-30-25(36)37-24)27-22(32)18(14-16-8-4-3-5-9-16)31-38(34,35)19-12-6-10-17-11-7-13-26-21(17)19/h3-13,15,18,20,31H,14H2,1-2H3,(H,27,32)(H,30,36)(H,28,29,33)/t18-,20-/m0/s1. The molecule has 4 aromatic rings. The Morgan fingerprint density at radius 1 is 1.03 bits per heavy atom. The molecule has 0 radical (unpaired) electrons. The van der Waals surface area contributed by atoms with Gasteiger partial charge in [-0.3, -0.25) is 25.0 Å². The van der Waals surface area contributed by atoms with Gasteiger partial charge in [-0.2, -0.15) is 4.72 Å². The molecule has 2 atom stereocenters. The second kappa shape index (κ2) is 11.9. The first-order valence-electron chi connectivity index (χ1n) is 11.7. The molecule has 10 nitrogen and oxygen atoms in total. The van der Waals surface area contributed by atoms with Gasteiger partial charge in [0.25, 0.3) is 0 Å². The number of fused-ring (bicyclic) bond motifs is 1. The van der Waals surface area contributed by atoms with E-state index in [1.165, 1.54) is 12.3 Å². The van der Waals surface area contributed by atoms with Crippen LogP contribution in [-0.2, 0) is 26.0 Å². The van der Waals surface area contributed by atoms with Crippen LogP contribution >= 0.6 is 23.6 Å². The number of aromatic amines is 1. The third-order valence-corrected chi connectivity index (χ3v) is 8.20. The highest BCUT2D eigenvalue weighted by Gasteiger charge is 2.32. The zero-order valence-electron chi connectivity index (χ0n) is 20.5. The van der Waals surface area contributed by atoms with Crippen LogP contribution in [0.3, 0.4) is 0 Å². The second-order valence-electron chi connectivity index (χ2n) is 8.83. The number of H-pyrrole nitrogens is 1. The fourth-order valence-corrected chi connectivity index (χ4v) is 6.00. The average Bonchev–Trinajstić information content (AvgIpc) is 3.30. The number of rotatable bonds is 10. The van der Waals surface area contributed by atoms with Gasteiger partial charge in [0.05, 0.1) is 5.52 Å². The number of sulfonamides is 1. The fourth-order valence-electron chi connectivity index (χ4n) is 3.84. The summed E-state index contributed by atoms with van der Waals surface area (Å²) in [6.07, 6.45) is 1.58. The van der Waals surface area contributed by atoms with Crippen molar-refractivity contribution in [3.8, 4) is 0 Å². The van der Waals surface area contributed by atoms with Crippen molar-refractivity contribution in [3.05, 3.63) is 76.4 Å². The third kappa shape index (κ3) is 6.67. The molecule has 0 spiro atoms. The highest BCUT2D eigenvalue weighted by molar-refractivity contribution is 7.89. The fraction of sp³-hybridized carbons (Fsp3) is 0.240. The molecule has 38 heavy (non-hydrogen) atoms. The number of nitrogens with one attached hydrogen (secondary N) is 4. The number of para-hydroxylation sites is 1. The van der Waals surface area contributed by atoms with Crippen molar-refractivity contribution in [1.29, 1.82) is 0 Å². The van der Waals surface area contributed by atoms with E-state index in [9.17, 15) is 18.0 Å². The summed E-state index contributed by atoms with van der Waals surface area (Å²) in [7, 11) is -4.17. The molecule has 0 aliphatic heterocycles. The zero-order chi connectivity index (χ0) is 27.3. The van der Waals surface area contributed by atoms with Gasteiger partial charge in [-0.25, -0.2) is 8.42 Å². The van der Waals surface area contributed by atoms with Gasteiger partial charge < -0.3 is 5.32 Å². The molecule has 198 valence electrons. The number of carbonyl (C=O) groups excluding carboxylic acids is 2. The van der Waals surface area contributed by atoms with Gasteiger partial charge in [0.1, 0.15) is 17.0 Å². The van der Waals surface area contributed by atoms with Crippen LogP contribution in [0.15, 0.2) is 71.8 Å². The van der Waals surface area contributed by atoms with E-state index >= 15 is 0 Å². The third-order valence-electron chi connectivity index (χ3n) is 5.70. The van der Waals surface area contributed by atoms with Crippen molar-refractivity contribution in [2.45, 2.75) is 37.2 Å². The quantitative estimate of drug-likeness (QED) is 0.214. The van der Waals surface area contributed by atoms with Crippen LogP contribution in [0.2, 0.25) is 0 Å². The first kappa shape index (κ1) is 27.5. The molecule has 0 fully saturated rings. The maximum Gasteiger partial charge on any atom is 0.249 e. The molecule has 0 aliphatic rings. The van der Waals surface area contributed by atoms with E-state index < -0.39 is 33.9 Å². The molecule has 4 N–H and O–H groups in total. The van der Waals surface area contributed by atoms with E-state index in [0.29, 0.717) is 14.9 Å². The average molecular weight is 571 g/mol. The van der Waals surface area contributed by atoms with Crippen LogP contribution in [0.5, 0.6) is 0 Å². The van der Waals surface area contributed by atoms with Gasteiger partial charge in [0.2, 0.25) is 27.0 Å². The molecule has 0 bridgehead atoms. The van der Waals surface area contributed by atoms with Crippen molar-refractivity contribution >= 4 is 61.4 Å². The number of hydrogen-bond donors (Lipinski definition) is 4. The summed E-state index contributed by atoms with van der Waals surface area (Å²) in [4.78, 5) is 30.7. The van der Waals surface area contributed by atoms with Gasteiger partial charge in [0, 0.05) is 11.6 Å². The molecule has 13 heteroatoms. The Kier molecular flexibility index (Phi) is 8.62. The van der Waals surface area contributed by atoms with E-state index in [1.54, 1.807) is 62.4 Å². The molecule has 0 saturated carbocycles. The Morgan fingerprint density at radius 2 is 1.76 bits per heavy atom. The molecular formula is C25H26N6O4S3. The first-order chi connectivity index (χ1) is 18.1. The molecule has 2 heterocycles. The minimum atomic E-state index is -4.17. The molecule has 2 aromatic carbocycles. The summed E-state index contributed by atoms with van der Waals surface area (Å²) in [6, 6.07) is 15.2. The van der Waals surface area contributed by atoms with Crippen molar-refractivity contribution in [1.82, 2.24) is 25.2 Å². The zero-order valence-corrected chi connectivity index (χ0v) is 23.0. The number of benzene rings is 2. The van der Waals surface area contributed by atoms with Crippen LogP contribution < -0.4 is 15.4 Å². The predicted octanol–water partition coefficient (Wildman–Crippen LogP) is 3.42. The molecule has 2 amide bonds. The van der Waals surface area contributed by atoms with Gasteiger partial charge in [0.15, 0.2) is 3.95 Å². The predicted molar refractivity (Wildman–Crippen MR) is 149 cm³/mol. The molecule has 4 rings (SSSR count). The van der Waals surface area contributed by atoms with Crippen LogP contribution in [0, 0.1) is 9.87 Å². The topological polar surface area (TPSA) is 146 Å². The monoisotopic (exact) mass is 570 g/mol. The van der Waals surface area contributed by atoms with Crippen molar-refractivity contribution < 1.29 is 18.0 Å². The lowest BCUT2D eigenvalue weighted by molar-refractivity contribution is -0.128. The molecular weight excluding hydrogens is 545 g/mol. The van der Waals surface area contributed by atoms with E-state index in [-0.39, 0.29) is 22.4 Å². The number of anilines is 1. The van der Waals surface area contributed by atoms with E-state index in [0.717, 1.165) is 16.9 Å². The first-order valence-corrected chi connectivity index (χ1v) is 14.4. The highest BCUT2D eigenvalue weighted by Crippen LogP contribution is 2.21.